The third kappa shape index (κ3) is 7.77. The number of hydrogen-bond donors (Lipinski definition) is 4. The van der Waals surface area contributed by atoms with E-state index in [9.17, 15) is 14.7 Å². The van der Waals surface area contributed by atoms with E-state index in [-0.39, 0.29) is 18.4 Å². The number of nitrogens with one attached hydrogen (secondary N) is 2. The minimum Gasteiger partial charge on any atom is -0.392 e. The van der Waals surface area contributed by atoms with Gasteiger partial charge in [0.2, 0.25) is 11.8 Å². The van der Waals surface area contributed by atoms with E-state index in [4.69, 9.17) is 5.73 Å². The highest BCUT2D eigenvalue weighted by atomic mass is 16.3. The number of carbonyl (C=O) groups is 2. The lowest BCUT2D eigenvalue weighted by Gasteiger charge is -2.24. The first-order valence-electron chi connectivity index (χ1n) is 12.0. The highest BCUT2D eigenvalue weighted by Crippen LogP contribution is 2.24. The molecule has 6 heteroatoms. The molecule has 1 atom stereocenters. The van der Waals surface area contributed by atoms with Gasteiger partial charge in [0.05, 0.1) is 12.1 Å². The fourth-order valence-electron chi connectivity index (χ4n) is 3.82. The maximum absolute atomic E-state index is 13.0. The molecule has 0 saturated heterocycles. The van der Waals surface area contributed by atoms with Gasteiger partial charge in [0.1, 0.15) is 6.04 Å². The molecule has 0 unspecified atom stereocenters. The zero-order valence-electron chi connectivity index (χ0n) is 20.5. The van der Waals surface area contributed by atoms with Crippen LogP contribution in [0.1, 0.15) is 43.4 Å². The maximum atomic E-state index is 13.0. The van der Waals surface area contributed by atoms with Gasteiger partial charge in [-0.3, -0.25) is 9.59 Å². The van der Waals surface area contributed by atoms with Crippen LogP contribution in [0.2, 0.25) is 0 Å². The van der Waals surface area contributed by atoms with Gasteiger partial charge >= 0.3 is 0 Å². The number of aliphatic hydroxyl groups excluding tert-OH is 1. The second-order valence-corrected chi connectivity index (χ2v) is 9.36. The minimum absolute atomic E-state index is 0.0228. The lowest BCUT2D eigenvalue weighted by molar-refractivity contribution is -0.131. The zero-order chi connectivity index (χ0) is 25.3. The standard InChI is InChI=1S/C29H35N3O3/c1-29(2,30)28(35)32-26(14-8-11-21-9-4-3-5-10-21)27(34)31-19-22-15-17-23(18-16-22)25-13-7-6-12-24(25)20-33/h3-7,9-10,12-13,15-18,26,33H,8,11,14,19-20,30H2,1-2H3,(H,31,34)(H,32,35)/t26-/m1/s1. The fraction of sp³-hybridized carbons (Fsp3) is 0.310. The van der Waals surface area contributed by atoms with Gasteiger partial charge in [0.25, 0.3) is 0 Å². The van der Waals surface area contributed by atoms with Crippen molar-refractivity contribution < 1.29 is 14.7 Å². The van der Waals surface area contributed by atoms with Crippen LogP contribution in [0, 0.1) is 0 Å². The van der Waals surface area contributed by atoms with Crippen molar-refractivity contribution in [1.29, 1.82) is 0 Å². The monoisotopic (exact) mass is 473 g/mol. The summed E-state index contributed by atoms with van der Waals surface area (Å²) in [6, 6.07) is 25.0. The average Bonchev–Trinajstić information content (AvgIpc) is 2.87. The minimum atomic E-state index is -1.07. The van der Waals surface area contributed by atoms with E-state index in [2.05, 4.69) is 22.8 Å². The van der Waals surface area contributed by atoms with Crippen molar-refractivity contribution in [3.05, 3.63) is 95.6 Å². The van der Waals surface area contributed by atoms with Crippen LogP contribution in [0.25, 0.3) is 11.1 Å². The molecule has 2 amide bonds. The highest BCUT2D eigenvalue weighted by Gasteiger charge is 2.27. The van der Waals surface area contributed by atoms with Crippen LogP contribution < -0.4 is 16.4 Å². The number of aryl methyl sites for hydroxylation is 1. The first-order chi connectivity index (χ1) is 16.8. The number of aliphatic hydroxyl groups is 1. The molecule has 5 N–H and O–H groups in total. The van der Waals surface area contributed by atoms with E-state index in [1.807, 2.05) is 66.7 Å². The fourth-order valence-corrected chi connectivity index (χ4v) is 3.82. The summed E-state index contributed by atoms with van der Waals surface area (Å²) >= 11 is 0. The Morgan fingerprint density at radius 2 is 1.57 bits per heavy atom. The summed E-state index contributed by atoms with van der Waals surface area (Å²) in [5.74, 6) is -0.588. The molecule has 3 aromatic carbocycles. The van der Waals surface area contributed by atoms with Gasteiger partial charge in [-0.05, 0) is 60.9 Å². The van der Waals surface area contributed by atoms with Gasteiger partial charge in [0.15, 0.2) is 0 Å². The van der Waals surface area contributed by atoms with E-state index in [0.29, 0.717) is 13.0 Å². The molecule has 184 valence electrons. The molecule has 0 saturated carbocycles. The lowest BCUT2D eigenvalue weighted by Crippen LogP contribution is -2.55. The second-order valence-electron chi connectivity index (χ2n) is 9.36. The molecule has 0 radical (unpaired) electrons. The molecule has 0 aliphatic carbocycles. The summed E-state index contributed by atoms with van der Waals surface area (Å²) in [6.45, 7) is 3.57. The van der Waals surface area contributed by atoms with Crippen LogP contribution in [0.5, 0.6) is 0 Å². The molecular weight excluding hydrogens is 438 g/mol. The lowest BCUT2D eigenvalue weighted by atomic mass is 9.99. The summed E-state index contributed by atoms with van der Waals surface area (Å²) in [5.41, 5.74) is 9.85. The number of hydrogen-bond acceptors (Lipinski definition) is 4. The van der Waals surface area contributed by atoms with Crippen molar-refractivity contribution in [2.45, 2.75) is 57.8 Å². The summed E-state index contributed by atoms with van der Waals surface area (Å²) in [6.07, 6.45) is 2.09. The molecule has 0 fully saturated rings. The number of rotatable bonds is 11. The Bertz CT molecular complexity index is 1110. The molecule has 0 aliphatic rings. The van der Waals surface area contributed by atoms with Crippen LogP contribution in [0.3, 0.4) is 0 Å². The molecular formula is C29H35N3O3. The molecule has 0 spiro atoms. The highest BCUT2D eigenvalue weighted by molar-refractivity contribution is 5.91. The average molecular weight is 474 g/mol. The second kappa shape index (κ2) is 12.3. The largest absolute Gasteiger partial charge is 0.392 e. The molecule has 35 heavy (non-hydrogen) atoms. The molecule has 6 nitrogen and oxygen atoms in total. The number of benzene rings is 3. The Kier molecular flexibility index (Phi) is 9.18. The SMILES string of the molecule is CC(C)(N)C(=O)N[C@H](CCCc1ccccc1)C(=O)NCc1ccc(-c2ccccc2CO)cc1. The zero-order valence-corrected chi connectivity index (χ0v) is 20.5. The van der Waals surface area contributed by atoms with Gasteiger partial charge in [-0.15, -0.1) is 0 Å². The van der Waals surface area contributed by atoms with Crippen molar-refractivity contribution in [2.24, 2.45) is 5.73 Å². The smallest absolute Gasteiger partial charge is 0.242 e. The normalized spacial score (nSPS) is 12.1. The van der Waals surface area contributed by atoms with Crippen molar-refractivity contribution in [3.63, 3.8) is 0 Å². The van der Waals surface area contributed by atoms with E-state index in [1.165, 1.54) is 5.56 Å². The molecule has 3 rings (SSSR count). The van der Waals surface area contributed by atoms with Crippen LogP contribution in [-0.2, 0) is 29.2 Å². The van der Waals surface area contributed by atoms with Gasteiger partial charge in [-0.25, -0.2) is 0 Å². The maximum Gasteiger partial charge on any atom is 0.242 e. The summed E-state index contributed by atoms with van der Waals surface area (Å²) in [7, 11) is 0. The molecule has 0 aromatic heterocycles. The van der Waals surface area contributed by atoms with Crippen molar-refractivity contribution >= 4 is 11.8 Å². The summed E-state index contributed by atoms with van der Waals surface area (Å²) in [5, 5.41) is 15.4. The predicted molar refractivity (Wildman–Crippen MR) is 139 cm³/mol. The third-order valence-electron chi connectivity index (χ3n) is 5.93. The van der Waals surface area contributed by atoms with Crippen molar-refractivity contribution in [2.75, 3.05) is 0 Å². The molecule has 0 bridgehead atoms. The predicted octanol–water partition coefficient (Wildman–Crippen LogP) is 3.71. The molecule has 0 heterocycles. The Labute approximate surface area is 207 Å². The van der Waals surface area contributed by atoms with E-state index >= 15 is 0 Å². The third-order valence-corrected chi connectivity index (χ3v) is 5.93. The van der Waals surface area contributed by atoms with E-state index < -0.39 is 11.6 Å². The van der Waals surface area contributed by atoms with Crippen LogP contribution in [0.15, 0.2) is 78.9 Å². The van der Waals surface area contributed by atoms with E-state index in [1.54, 1.807) is 13.8 Å². The van der Waals surface area contributed by atoms with Gasteiger partial charge in [-0.2, -0.15) is 0 Å². The topological polar surface area (TPSA) is 104 Å². The van der Waals surface area contributed by atoms with Gasteiger partial charge in [0, 0.05) is 6.54 Å². The van der Waals surface area contributed by atoms with Crippen molar-refractivity contribution in [1.82, 2.24) is 10.6 Å². The Morgan fingerprint density at radius 3 is 2.23 bits per heavy atom. The van der Waals surface area contributed by atoms with Gasteiger partial charge in [-0.1, -0.05) is 78.9 Å². The number of nitrogens with two attached hydrogens (primary N) is 1. The van der Waals surface area contributed by atoms with Crippen molar-refractivity contribution in [3.8, 4) is 11.1 Å². The number of amides is 2. The van der Waals surface area contributed by atoms with Crippen LogP contribution in [0.4, 0.5) is 0 Å². The first kappa shape index (κ1) is 26.1. The molecule has 0 aliphatic heterocycles. The Balaban J connectivity index is 1.61. The van der Waals surface area contributed by atoms with Gasteiger partial charge < -0.3 is 21.5 Å². The van der Waals surface area contributed by atoms with E-state index in [0.717, 1.165) is 35.1 Å². The summed E-state index contributed by atoms with van der Waals surface area (Å²) < 4.78 is 0. The quantitative estimate of drug-likeness (QED) is 0.341. The Hall–Kier alpha value is -3.48. The Morgan fingerprint density at radius 1 is 0.914 bits per heavy atom. The first-order valence-corrected chi connectivity index (χ1v) is 12.0. The number of carbonyl (C=O) groups excluding carboxylic acids is 2. The summed E-state index contributed by atoms with van der Waals surface area (Å²) in [4.78, 5) is 25.5. The van der Waals surface area contributed by atoms with Crippen LogP contribution in [-0.4, -0.2) is 28.5 Å². The van der Waals surface area contributed by atoms with Crippen LogP contribution >= 0.6 is 0 Å². The molecule has 3 aromatic rings.